The predicted molar refractivity (Wildman–Crippen MR) is 100 cm³/mol. The van der Waals surface area contributed by atoms with Gasteiger partial charge in [-0.2, -0.15) is 10.5 Å². The lowest BCUT2D eigenvalue weighted by Crippen LogP contribution is -2.39. The van der Waals surface area contributed by atoms with E-state index in [0.29, 0.717) is 21.5 Å². The van der Waals surface area contributed by atoms with Crippen LogP contribution >= 0.6 is 15.9 Å². The molecular formula is C19H20BrN3O3. The molecule has 0 saturated heterocycles. The van der Waals surface area contributed by atoms with E-state index in [9.17, 15) is 4.79 Å². The Hall–Kier alpha value is -2.51. The van der Waals surface area contributed by atoms with E-state index in [2.05, 4.69) is 21.2 Å². The molecule has 1 fully saturated rings. The minimum atomic E-state index is -0.157. The van der Waals surface area contributed by atoms with Crippen molar-refractivity contribution >= 4 is 27.9 Å². The van der Waals surface area contributed by atoms with Crippen LogP contribution in [0, 0.1) is 22.7 Å². The number of nitrogens with zero attached hydrogens (tertiary/aromatic N) is 2. The van der Waals surface area contributed by atoms with Gasteiger partial charge in [0.05, 0.1) is 7.11 Å². The summed E-state index contributed by atoms with van der Waals surface area (Å²) >= 11 is 3.38. The number of methoxy groups -OCH3 is 1. The molecule has 0 unspecified atom stereocenters. The summed E-state index contributed by atoms with van der Waals surface area (Å²) in [6.45, 7) is -0.101. The lowest BCUT2D eigenvalue weighted by Gasteiger charge is -2.22. The Balaban J connectivity index is 2.06. The van der Waals surface area contributed by atoms with Crippen molar-refractivity contribution < 1.29 is 14.3 Å². The maximum absolute atomic E-state index is 12.1. The van der Waals surface area contributed by atoms with Gasteiger partial charge in [-0.15, -0.1) is 0 Å². The summed E-state index contributed by atoms with van der Waals surface area (Å²) in [5.74, 6) is 0.668. The van der Waals surface area contributed by atoms with Crippen molar-refractivity contribution in [2.75, 3.05) is 13.7 Å². The van der Waals surface area contributed by atoms with Gasteiger partial charge >= 0.3 is 0 Å². The summed E-state index contributed by atoms with van der Waals surface area (Å²) in [6.07, 6.45) is 7.01. The molecule has 1 aliphatic rings. The molecule has 1 aromatic rings. The zero-order valence-electron chi connectivity index (χ0n) is 14.5. The number of allylic oxidation sites excluding steroid dienone is 1. The lowest BCUT2D eigenvalue weighted by atomic mass is 9.95. The SMILES string of the molecule is COc1cc(C=C(C#N)C#N)c(Br)cc1OCC(=O)NC1CCCCC1. The molecule has 6 nitrogen and oxygen atoms in total. The van der Waals surface area contributed by atoms with E-state index in [-0.39, 0.29) is 24.1 Å². The number of benzene rings is 1. The molecule has 0 atom stereocenters. The first-order chi connectivity index (χ1) is 12.6. The van der Waals surface area contributed by atoms with Crippen molar-refractivity contribution in [2.24, 2.45) is 0 Å². The molecule has 0 heterocycles. The third-order valence-corrected chi connectivity index (χ3v) is 4.84. The van der Waals surface area contributed by atoms with Gasteiger partial charge in [-0.1, -0.05) is 35.2 Å². The third-order valence-electron chi connectivity index (χ3n) is 4.15. The largest absolute Gasteiger partial charge is 0.493 e. The highest BCUT2D eigenvalue weighted by Gasteiger charge is 2.17. The van der Waals surface area contributed by atoms with Crippen molar-refractivity contribution in [3.8, 4) is 23.6 Å². The van der Waals surface area contributed by atoms with E-state index in [4.69, 9.17) is 20.0 Å². The molecule has 0 spiro atoms. The molecule has 0 radical (unpaired) electrons. The normalized spacial score (nSPS) is 13.8. The summed E-state index contributed by atoms with van der Waals surface area (Å²) in [5.41, 5.74) is 0.590. The third kappa shape index (κ3) is 5.50. The van der Waals surface area contributed by atoms with Crippen LogP contribution in [-0.2, 0) is 4.79 Å². The van der Waals surface area contributed by atoms with Gasteiger partial charge in [0.1, 0.15) is 17.7 Å². The highest BCUT2D eigenvalue weighted by atomic mass is 79.9. The number of carbonyl (C=O) groups excluding carboxylic acids is 1. The maximum atomic E-state index is 12.1. The Bertz CT molecular complexity index is 755. The second-order valence-corrected chi connectivity index (χ2v) is 6.85. The summed E-state index contributed by atoms with van der Waals surface area (Å²) in [5, 5.41) is 20.8. The summed E-state index contributed by atoms with van der Waals surface area (Å²) in [6, 6.07) is 7.16. The van der Waals surface area contributed by atoms with E-state index >= 15 is 0 Å². The molecule has 1 N–H and O–H groups in total. The molecule has 7 heteroatoms. The Morgan fingerprint density at radius 2 is 1.96 bits per heavy atom. The molecule has 1 aromatic carbocycles. The molecule has 26 heavy (non-hydrogen) atoms. The van der Waals surface area contributed by atoms with Crippen molar-refractivity contribution in [1.29, 1.82) is 10.5 Å². The summed E-state index contributed by atoms with van der Waals surface area (Å²) in [4.78, 5) is 12.1. The smallest absolute Gasteiger partial charge is 0.258 e. The number of amides is 1. The first-order valence-electron chi connectivity index (χ1n) is 8.39. The molecule has 0 aromatic heterocycles. The van der Waals surface area contributed by atoms with Crippen LogP contribution < -0.4 is 14.8 Å². The fourth-order valence-electron chi connectivity index (χ4n) is 2.84. The standard InChI is InChI=1S/C19H20BrN3O3/c1-25-17-8-14(7-13(10-21)11-22)16(20)9-18(17)26-12-19(24)23-15-5-3-2-4-6-15/h7-9,15H,2-6,12H2,1H3,(H,23,24). The van der Waals surface area contributed by atoms with E-state index in [1.807, 2.05) is 12.1 Å². The summed E-state index contributed by atoms with van der Waals surface area (Å²) < 4.78 is 11.5. The van der Waals surface area contributed by atoms with Crippen molar-refractivity contribution in [2.45, 2.75) is 38.1 Å². The fraction of sp³-hybridized carbons (Fsp3) is 0.421. The molecule has 0 aliphatic heterocycles. The highest BCUT2D eigenvalue weighted by molar-refractivity contribution is 9.10. The van der Waals surface area contributed by atoms with Crippen LogP contribution in [0.1, 0.15) is 37.7 Å². The molecule has 2 rings (SSSR count). The second-order valence-electron chi connectivity index (χ2n) is 6.00. The molecule has 0 bridgehead atoms. The van der Waals surface area contributed by atoms with Crippen LogP contribution in [-0.4, -0.2) is 25.7 Å². The molecule has 1 aliphatic carbocycles. The van der Waals surface area contributed by atoms with Crippen LogP contribution in [0.2, 0.25) is 0 Å². The Labute approximate surface area is 161 Å². The minimum absolute atomic E-state index is 0.0201. The van der Waals surface area contributed by atoms with Crippen LogP contribution in [0.5, 0.6) is 11.5 Å². The quantitative estimate of drug-likeness (QED) is 0.711. The predicted octanol–water partition coefficient (Wildman–Crippen LogP) is 3.72. The van der Waals surface area contributed by atoms with E-state index in [1.54, 1.807) is 12.1 Å². The molecular weight excluding hydrogens is 398 g/mol. The van der Waals surface area contributed by atoms with Gasteiger partial charge in [0.15, 0.2) is 18.1 Å². The second kappa shape index (κ2) is 9.84. The first-order valence-corrected chi connectivity index (χ1v) is 9.18. The molecule has 136 valence electrons. The van der Waals surface area contributed by atoms with Gasteiger partial charge in [-0.3, -0.25) is 4.79 Å². The topological polar surface area (TPSA) is 95.1 Å². The van der Waals surface area contributed by atoms with Gasteiger partial charge in [0, 0.05) is 10.5 Å². The fourth-order valence-corrected chi connectivity index (χ4v) is 3.28. The summed E-state index contributed by atoms with van der Waals surface area (Å²) in [7, 11) is 1.49. The number of hydrogen-bond donors (Lipinski definition) is 1. The zero-order chi connectivity index (χ0) is 18.9. The van der Waals surface area contributed by atoms with Crippen molar-refractivity contribution in [3.63, 3.8) is 0 Å². The van der Waals surface area contributed by atoms with Crippen LogP contribution in [0.15, 0.2) is 22.2 Å². The Kier molecular flexibility index (Phi) is 7.50. The molecule has 1 amide bonds. The van der Waals surface area contributed by atoms with Gasteiger partial charge in [-0.05, 0) is 36.6 Å². The Morgan fingerprint density at radius 3 is 2.58 bits per heavy atom. The minimum Gasteiger partial charge on any atom is -0.493 e. The number of nitrogens with one attached hydrogen (secondary N) is 1. The number of halogens is 1. The highest BCUT2D eigenvalue weighted by Crippen LogP contribution is 2.34. The van der Waals surface area contributed by atoms with Gasteiger partial charge in [0.2, 0.25) is 0 Å². The van der Waals surface area contributed by atoms with Crippen molar-refractivity contribution in [1.82, 2.24) is 5.32 Å². The van der Waals surface area contributed by atoms with Crippen molar-refractivity contribution in [3.05, 3.63) is 27.7 Å². The van der Waals surface area contributed by atoms with E-state index in [0.717, 1.165) is 25.7 Å². The van der Waals surface area contributed by atoms with Gasteiger partial charge in [0.25, 0.3) is 5.91 Å². The van der Waals surface area contributed by atoms with Gasteiger partial charge in [-0.25, -0.2) is 0 Å². The van der Waals surface area contributed by atoms with Crippen LogP contribution in [0.4, 0.5) is 0 Å². The van der Waals surface area contributed by atoms with E-state index < -0.39 is 0 Å². The zero-order valence-corrected chi connectivity index (χ0v) is 16.1. The average Bonchev–Trinajstić information content (AvgIpc) is 2.66. The lowest BCUT2D eigenvalue weighted by molar-refractivity contribution is -0.124. The maximum Gasteiger partial charge on any atom is 0.258 e. The number of nitriles is 2. The van der Waals surface area contributed by atoms with Gasteiger partial charge < -0.3 is 14.8 Å². The Morgan fingerprint density at radius 1 is 1.27 bits per heavy atom. The first kappa shape index (κ1) is 19.8. The monoisotopic (exact) mass is 417 g/mol. The average molecular weight is 418 g/mol. The molecule has 1 saturated carbocycles. The number of carbonyl (C=O) groups is 1. The number of ether oxygens (including phenoxy) is 2. The van der Waals surface area contributed by atoms with E-state index in [1.165, 1.54) is 19.6 Å². The number of hydrogen-bond acceptors (Lipinski definition) is 5. The van der Waals surface area contributed by atoms with Crippen LogP contribution in [0.3, 0.4) is 0 Å². The van der Waals surface area contributed by atoms with Crippen LogP contribution in [0.25, 0.3) is 6.08 Å². The number of rotatable bonds is 6.